The van der Waals surface area contributed by atoms with Gasteiger partial charge in [0.1, 0.15) is 6.07 Å². The highest BCUT2D eigenvalue weighted by Gasteiger charge is 2.18. The van der Waals surface area contributed by atoms with Gasteiger partial charge in [-0.25, -0.2) is 9.18 Å². The Morgan fingerprint density at radius 3 is 2.80 bits per heavy atom. The van der Waals surface area contributed by atoms with E-state index < -0.39 is 11.8 Å². The number of carbonyl (C=O) groups excluding carboxylic acids is 1. The Hall–Kier alpha value is -1.60. The van der Waals surface area contributed by atoms with Crippen molar-refractivity contribution in [1.82, 2.24) is 0 Å². The largest absolute Gasteiger partial charge is 0.465 e. The van der Waals surface area contributed by atoms with Crippen molar-refractivity contribution < 1.29 is 13.9 Å². The Bertz CT molecular complexity index is 440. The normalized spacial score (nSPS) is 9.47. The molecule has 0 aliphatic heterocycles. The summed E-state index contributed by atoms with van der Waals surface area (Å²) in [6, 6.07) is 4.35. The van der Waals surface area contributed by atoms with Gasteiger partial charge in [0.2, 0.25) is 0 Å². The smallest absolute Gasteiger partial charge is 0.340 e. The van der Waals surface area contributed by atoms with Crippen molar-refractivity contribution >= 4 is 17.6 Å². The van der Waals surface area contributed by atoms with Gasteiger partial charge in [0.25, 0.3) is 0 Å². The van der Waals surface area contributed by atoms with E-state index in [9.17, 15) is 9.18 Å². The third-order valence-electron chi connectivity index (χ3n) is 1.89. The molecule has 1 aromatic rings. The minimum Gasteiger partial charge on any atom is -0.465 e. The predicted molar refractivity (Wildman–Crippen MR) is 52.0 cm³/mol. The summed E-state index contributed by atoms with van der Waals surface area (Å²) in [5.74, 6) is -1.69. The zero-order valence-corrected chi connectivity index (χ0v) is 8.64. The standard InChI is InChI=1S/C10H7ClFNO2/c1-15-10(14)7-3-2-6(4-11)8(5-13)9(7)12/h2-3H,4H2,1H3. The third-order valence-corrected chi connectivity index (χ3v) is 2.18. The highest BCUT2D eigenvalue weighted by molar-refractivity contribution is 6.17. The molecule has 3 nitrogen and oxygen atoms in total. The first kappa shape index (κ1) is 11.5. The van der Waals surface area contributed by atoms with E-state index in [0.717, 1.165) is 7.11 Å². The number of halogens is 2. The van der Waals surface area contributed by atoms with Gasteiger partial charge in [-0.1, -0.05) is 6.07 Å². The quantitative estimate of drug-likeness (QED) is 0.575. The van der Waals surface area contributed by atoms with E-state index in [1.807, 2.05) is 0 Å². The number of alkyl halides is 1. The zero-order valence-electron chi connectivity index (χ0n) is 7.88. The predicted octanol–water partition coefficient (Wildman–Crippen LogP) is 2.22. The first-order valence-corrected chi connectivity index (χ1v) is 4.55. The summed E-state index contributed by atoms with van der Waals surface area (Å²) in [6.07, 6.45) is 0. The zero-order chi connectivity index (χ0) is 11.4. The van der Waals surface area contributed by atoms with Crippen molar-refractivity contribution in [3.05, 3.63) is 34.6 Å². The molecule has 0 heterocycles. The van der Waals surface area contributed by atoms with Gasteiger partial charge >= 0.3 is 5.97 Å². The van der Waals surface area contributed by atoms with Crippen molar-refractivity contribution in [2.24, 2.45) is 0 Å². The van der Waals surface area contributed by atoms with Crippen molar-refractivity contribution in [2.75, 3.05) is 7.11 Å². The van der Waals surface area contributed by atoms with Gasteiger partial charge in [0.15, 0.2) is 5.82 Å². The van der Waals surface area contributed by atoms with Crippen LogP contribution >= 0.6 is 11.6 Å². The number of nitriles is 1. The molecule has 0 atom stereocenters. The SMILES string of the molecule is COC(=O)c1ccc(CCl)c(C#N)c1F. The van der Waals surface area contributed by atoms with E-state index in [2.05, 4.69) is 4.74 Å². The van der Waals surface area contributed by atoms with Gasteiger partial charge in [-0.3, -0.25) is 0 Å². The second kappa shape index (κ2) is 4.76. The molecule has 0 unspecified atom stereocenters. The minimum absolute atomic E-state index is 0.0151. The maximum absolute atomic E-state index is 13.6. The summed E-state index contributed by atoms with van der Waals surface area (Å²) >= 11 is 5.51. The van der Waals surface area contributed by atoms with Crippen LogP contribution < -0.4 is 0 Å². The summed E-state index contributed by atoms with van der Waals surface area (Å²) in [5, 5.41) is 8.71. The van der Waals surface area contributed by atoms with Crippen LogP contribution in [0.15, 0.2) is 12.1 Å². The summed E-state index contributed by atoms with van der Waals surface area (Å²) in [7, 11) is 1.14. The lowest BCUT2D eigenvalue weighted by molar-refractivity contribution is 0.0595. The van der Waals surface area contributed by atoms with Crippen LogP contribution in [0.5, 0.6) is 0 Å². The van der Waals surface area contributed by atoms with E-state index in [1.54, 1.807) is 6.07 Å². The number of nitrogens with zero attached hydrogens (tertiary/aromatic N) is 1. The van der Waals surface area contributed by atoms with Crippen molar-refractivity contribution in [2.45, 2.75) is 5.88 Å². The van der Waals surface area contributed by atoms with Crippen molar-refractivity contribution in [3.63, 3.8) is 0 Å². The van der Waals surface area contributed by atoms with Gasteiger partial charge in [-0.15, -0.1) is 11.6 Å². The number of hydrogen-bond donors (Lipinski definition) is 0. The molecule has 1 aromatic carbocycles. The maximum atomic E-state index is 13.6. The molecule has 5 heteroatoms. The number of methoxy groups -OCH3 is 1. The molecule has 0 saturated heterocycles. The first-order valence-electron chi connectivity index (χ1n) is 4.01. The lowest BCUT2D eigenvalue weighted by Crippen LogP contribution is -2.07. The number of carbonyl (C=O) groups is 1. The molecule has 0 aliphatic rings. The summed E-state index contributed by atoms with van der Waals surface area (Å²) < 4.78 is 17.9. The lowest BCUT2D eigenvalue weighted by atomic mass is 10.0. The van der Waals surface area contributed by atoms with E-state index in [1.165, 1.54) is 12.1 Å². The van der Waals surface area contributed by atoms with E-state index in [4.69, 9.17) is 16.9 Å². The number of ether oxygens (including phenoxy) is 1. The van der Waals surface area contributed by atoms with Crippen molar-refractivity contribution in [1.29, 1.82) is 5.26 Å². The molecule has 0 spiro atoms. The van der Waals surface area contributed by atoms with Gasteiger partial charge in [0.05, 0.1) is 18.2 Å². The third kappa shape index (κ3) is 2.08. The van der Waals surface area contributed by atoms with E-state index >= 15 is 0 Å². The maximum Gasteiger partial charge on any atom is 0.340 e. The number of esters is 1. The Morgan fingerprint density at radius 1 is 1.67 bits per heavy atom. The molecule has 0 aromatic heterocycles. The fraction of sp³-hybridized carbons (Fsp3) is 0.200. The van der Waals surface area contributed by atoms with Crippen LogP contribution in [-0.2, 0) is 10.6 Å². The summed E-state index contributed by atoms with van der Waals surface area (Å²) in [5.41, 5.74) is -0.125. The van der Waals surface area contributed by atoms with Gasteiger partial charge in [-0.2, -0.15) is 5.26 Å². The molecule has 0 radical (unpaired) electrons. The van der Waals surface area contributed by atoms with Crippen LogP contribution in [-0.4, -0.2) is 13.1 Å². The minimum atomic E-state index is -0.887. The second-order valence-corrected chi connectivity index (χ2v) is 2.97. The monoisotopic (exact) mass is 227 g/mol. The van der Waals surface area contributed by atoms with Gasteiger partial charge in [0, 0.05) is 5.88 Å². The summed E-state index contributed by atoms with van der Waals surface area (Å²) in [6.45, 7) is 0. The molecular weight excluding hydrogens is 221 g/mol. The molecule has 0 N–H and O–H groups in total. The van der Waals surface area contributed by atoms with Crippen LogP contribution in [0.2, 0.25) is 0 Å². The molecule has 0 fully saturated rings. The van der Waals surface area contributed by atoms with E-state index in [0.29, 0.717) is 5.56 Å². The second-order valence-electron chi connectivity index (χ2n) is 2.70. The van der Waals surface area contributed by atoms with Crippen LogP contribution in [0.1, 0.15) is 21.5 Å². The van der Waals surface area contributed by atoms with Crippen LogP contribution in [0.4, 0.5) is 4.39 Å². The van der Waals surface area contributed by atoms with Gasteiger partial charge < -0.3 is 4.74 Å². The average Bonchev–Trinajstić information content (AvgIpc) is 2.27. The molecule has 0 bridgehead atoms. The highest BCUT2D eigenvalue weighted by Crippen LogP contribution is 2.19. The lowest BCUT2D eigenvalue weighted by Gasteiger charge is -2.05. The topological polar surface area (TPSA) is 50.1 Å². The van der Waals surface area contributed by atoms with Crippen molar-refractivity contribution in [3.8, 4) is 6.07 Å². The summed E-state index contributed by atoms with van der Waals surface area (Å²) in [4.78, 5) is 11.1. The van der Waals surface area contributed by atoms with Crippen LogP contribution in [0, 0.1) is 17.1 Å². The molecule has 0 amide bonds. The fourth-order valence-corrected chi connectivity index (χ4v) is 1.34. The molecule has 0 saturated carbocycles. The highest BCUT2D eigenvalue weighted by atomic mass is 35.5. The molecular formula is C10H7ClFNO2. The molecule has 15 heavy (non-hydrogen) atoms. The molecule has 0 aliphatic carbocycles. The number of rotatable bonds is 2. The molecule has 78 valence electrons. The van der Waals surface area contributed by atoms with Crippen LogP contribution in [0.25, 0.3) is 0 Å². The molecule has 1 rings (SSSR count). The Kier molecular flexibility index (Phi) is 3.64. The Morgan fingerprint density at radius 2 is 2.33 bits per heavy atom. The number of hydrogen-bond acceptors (Lipinski definition) is 3. The van der Waals surface area contributed by atoms with Gasteiger partial charge in [-0.05, 0) is 11.6 Å². The fourth-order valence-electron chi connectivity index (χ4n) is 1.12. The average molecular weight is 228 g/mol. The Balaban J connectivity index is 3.37. The first-order chi connectivity index (χ1) is 7.15. The Labute approximate surface area is 91.0 Å². The number of benzene rings is 1. The van der Waals surface area contributed by atoms with Crippen LogP contribution in [0.3, 0.4) is 0 Å². The van der Waals surface area contributed by atoms with E-state index in [-0.39, 0.29) is 17.0 Å².